The molecule has 0 saturated heterocycles. The standard InChI is InChI=1S/C19H17N5/c1-14-7-6-10-19-21-17(22-24(14)19)11-12-18-20-16(13-23(18)2)15-8-4-3-5-9-15/h3-13H,1-2H3. The zero-order chi connectivity index (χ0) is 16.5. The van der Waals surface area contributed by atoms with E-state index >= 15 is 0 Å². The third-order valence-corrected chi connectivity index (χ3v) is 3.93. The van der Waals surface area contributed by atoms with Crippen LogP contribution in [0.25, 0.3) is 29.1 Å². The number of hydrogen-bond donors (Lipinski definition) is 0. The molecule has 24 heavy (non-hydrogen) atoms. The van der Waals surface area contributed by atoms with E-state index in [0.29, 0.717) is 5.82 Å². The predicted molar refractivity (Wildman–Crippen MR) is 95.3 cm³/mol. The third kappa shape index (κ3) is 2.60. The maximum atomic E-state index is 4.68. The van der Waals surface area contributed by atoms with E-state index < -0.39 is 0 Å². The summed E-state index contributed by atoms with van der Waals surface area (Å²) in [5, 5.41) is 4.50. The summed E-state index contributed by atoms with van der Waals surface area (Å²) in [4.78, 5) is 9.19. The average molecular weight is 315 g/mol. The number of rotatable bonds is 3. The molecule has 0 atom stereocenters. The van der Waals surface area contributed by atoms with Crippen LogP contribution in [0, 0.1) is 6.92 Å². The van der Waals surface area contributed by atoms with E-state index in [9.17, 15) is 0 Å². The maximum absolute atomic E-state index is 4.68. The second-order valence-electron chi connectivity index (χ2n) is 5.70. The van der Waals surface area contributed by atoms with Crippen LogP contribution in [0.1, 0.15) is 17.3 Å². The minimum atomic E-state index is 0.675. The SMILES string of the molecule is Cc1cccc2nc(C=Cc3nc(-c4ccccc4)cn3C)nn12. The molecule has 118 valence electrons. The molecule has 0 N–H and O–H groups in total. The van der Waals surface area contributed by atoms with Gasteiger partial charge in [0.25, 0.3) is 0 Å². The van der Waals surface area contributed by atoms with Crippen molar-refractivity contribution in [3.05, 3.63) is 72.1 Å². The lowest BCUT2D eigenvalue weighted by atomic mass is 10.2. The molecule has 0 bridgehead atoms. The number of aromatic nitrogens is 5. The first-order valence-corrected chi connectivity index (χ1v) is 7.80. The van der Waals surface area contributed by atoms with Crippen LogP contribution in [0.4, 0.5) is 0 Å². The van der Waals surface area contributed by atoms with E-state index in [1.54, 1.807) is 0 Å². The fourth-order valence-corrected chi connectivity index (χ4v) is 2.66. The van der Waals surface area contributed by atoms with E-state index in [1.807, 2.05) is 77.8 Å². The van der Waals surface area contributed by atoms with Crippen LogP contribution in [-0.2, 0) is 7.05 Å². The van der Waals surface area contributed by atoms with Crippen LogP contribution >= 0.6 is 0 Å². The molecule has 0 saturated carbocycles. The lowest BCUT2D eigenvalue weighted by Crippen LogP contribution is -1.92. The predicted octanol–water partition coefficient (Wildman–Crippen LogP) is 3.61. The Hall–Kier alpha value is -3.21. The van der Waals surface area contributed by atoms with Gasteiger partial charge in [0, 0.05) is 24.5 Å². The van der Waals surface area contributed by atoms with Gasteiger partial charge in [0.1, 0.15) is 5.82 Å². The zero-order valence-electron chi connectivity index (χ0n) is 13.6. The highest BCUT2D eigenvalue weighted by molar-refractivity contribution is 5.67. The summed E-state index contributed by atoms with van der Waals surface area (Å²) in [6.07, 6.45) is 5.86. The number of aryl methyl sites for hydroxylation is 2. The van der Waals surface area contributed by atoms with Crippen molar-refractivity contribution in [2.24, 2.45) is 7.05 Å². The first-order valence-electron chi connectivity index (χ1n) is 7.80. The Morgan fingerprint density at radius 1 is 0.917 bits per heavy atom. The molecule has 5 nitrogen and oxygen atoms in total. The van der Waals surface area contributed by atoms with Gasteiger partial charge in [-0.2, -0.15) is 0 Å². The third-order valence-electron chi connectivity index (χ3n) is 3.93. The van der Waals surface area contributed by atoms with Crippen molar-refractivity contribution in [3.8, 4) is 11.3 Å². The Balaban J connectivity index is 1.66. The second kappa shape index (κ2) is 5.77. The zero-order valence-corrected chi connectivity index (χ0v) is 13.6. The summed E-state index contributed by atoms with van der Waals surface area (Å²) in [6.45, 7) is 2.01. The van der Waals surface area contributed by atoms with Crippen LogP contribution in [0.15, 0.2) is 54.7 Å². The summed E-state index contributed by atoms with van der Waals surface area (Å²) in [7, 11) is 1.99. The van der Waals surface area contributed by atoms with Crippen LogP contribution in [0.5, 0.6) is 0 Å². The Kier molecular flexibility index (Phi) is 3.46. The van der Waals surface area contributed by atoms with Gasteiger partial charge in [-0.05, 0) is 31.2 Å². The molecular weight excluding hydrogens is 298 g/mol. The van der Waals surface area contributed by atoms with Crippen molar-refractivity contribution in [2.75, 3.05) is 0 Å². The van der Waals surface area contributed by atoms with Gasteiger partial charge in [-0.15, -0.1) is 5.10 Å². The van der Waals surface area contributed by atoms with Gasteiger partial charge in [0.15, 0.2) is 11.5 Å². The first-order chi connectivity index (χ1) is 11.7. The van der Waals surface area contributed by atoms with E-state index in [-0.39, 0.29) is 0 Å². The lowest BCUT2D eigenvalue weighted by molar-refractivity contribution is 0.896. The lowest BCUT2D eigenvalue weighted by Gasteiger charge is -1.93. The molecular formula is C19H17N5. The molecule has 1 aromatic carbocycles. The van der Waals surface area contributed by atoms with Gasteiger partial charge in [-0.25, -0.2) is 14.5 Å². The fourth-order valence-electron chi connectivity index (χ4n) is 2.66. The molecule has 0 spiro atoms. The number of nitrogens with zero attached hydrogens (tertiary/aromatic N) is 5. The number of hydrogen-bond acceptors (Lipinski definition) is 3. The molecule has 0 unspecified atom stereocenters. The summed E-state index contributed by atoms with van der Waals surface area (Å²) in [5.41, 5.74) is 3.97. The Morgan fingerprint density at radius 3 is 2.54 bits per heavy atom. The molecule has 3 heterocycles. The quantitative estimate of drug-likeness (QED) is 0.580. The van der Waals surface area contributed by atoms with E-state index in [4.69, 9.17) is 0 Å². The molecule has 0 aliphatic heterocycles. The number of fused-ring (bicyclic) bond motifs is 1. The van der Waals surface area contributed by atoms with Crippen molar-refractivity contribution >= 4 is 17.8 Å². The van der Waals surface area contributed by atoms with Gasteiger partial charge in [-0.3, -0.25) is 0 Å². The molecule has 3 aromatic heterocycles. The first kappa shape index (κ1) is 14.4. The monoisotopic (exact) mass is 315 g/mol. The van der Waals surface area contributed by atoms with Crippen LogP contribution in [0.2, 0.25) is 0 Å². The molecule has 4 aromatic rings. The molecule has 5 heteroatoms. The number of pyridine rings is 1. The van der Waals surface area contributed by atoms with E-state index in [2.05, 4.69) is 27.2 Å². The highest BCUT2D eigenvalue weighted by atomic mass is 15.3. The minimum absolute atomic E-state index is 0.675. The molecule has 0 amide bonds. The topological polar surface area (TPSA) is 48.0 Å². The summed E-state index contributed by atoms with van der Waals surface area (Å²) in [6, 6.07) is 16.1. The Bertz CT molecular complexity index is 1020. The van der Waals surface area contributed by atoms with Gasteiger partial charge >= 0.3 is 0 Å². The Morgan fingerprint density at radius 2 is 1.75 bits per heavy atom. The van der Waals surface area contributed by atoms with Crippen molar-refractivity contribution in [2.45, 2.75) is 6.92 Å². The smallest absolute Gasteiger partial charge is 0.175 e. The average Bonchev–Trinajstić information content (AvgIpc) is 3.18. The molecule has 4 rings (SSSR count). The van der Waals surface area contributed by atoms with Gasteiger partial charge in [-0.1, -0.05) is 36.4 Å². The van der Waals surface area contributed by atoms with Gasteiger partial charge < -0.3 is 4.57 Å². The molecule has 0 aliphatic carbocycles. The van der Waals surface area contributed by atoms with Crippen LogP contribution in [0.3, 0.4) is 0 Å². The normalized spacial score (nSPS) is 11.6. The van der Waals surface area contributed by atoms with E-state index in [0.717, 1.165) is 28.4 Å². The molecule has 0 fully saturated rings. The molecule has 0 radical (unpaired) electrons. The Labute approximate surface area is 139 Å². The van der Waals surface area contributed by atoms with Crippen molar-refractivity contribution in [1.29, 1.82) is 0 Å². The largest absolute Gasteiger partial charge is 0.334 e. The minimum Gasteiger partial charge on any atom is -0.334 e. The summed E-state index contributed by atoms with van der Waals surface area (Å²) in [5.74, 6) is 1.54. The van der Waals surface area contributed by atoms with Crippen LogP contribution < -0.4 is 0 Å². The van der Waals surface area contributed by atoms with E-state index in [1.165, 1.54) is 0 Å². The summed E-state index contributed by atoms with van der Waals surface area (Å²) < 4.78 is 3.84. The van der Waals surface area contributed by atoms with Crippen molar-refractivity contribution in [3.63, 3.8) is 0 Å². The summed E-state index contributed by atoms with van der Waals surface area (Å²) >= 11 is 0. The van der Waals surface area contributed by atoms with Gasteiger partial charge in [0.2, 0.25) is 0 Å². The fraction of sp³-hybridized carbons (Fsp3) is 0.105. The maximum Gasteiger partial charge on any atom is 0.175 e. The van der Waals surface area contributed by atoms with Crippen molar-refractivity contribution < 1.29 is 0 Å². The highest BCUT2D eigenvalue weighted by Gasteiger charge is 2.06. The van der Waals surface area contributed by atoms with Crippen molar-refractivity contribution in [1.82, 2.24) is 24.1 Å². The number of benzene rings is 1. The highest BCUT2D eigenvalue weighted by Crippen LogP contribution is 2.18. The second-order valence-corrected chi connectivity index (χ2v) is 5.70. The number of imidazole rings is 1. The van der Waals surface area contributed by atoms with Gasteiger partial charge in [0.05, 0.1) is 5.69 Å². The van der Waals surface area contributed by atoms with Crippen LogP contribution in [-0.4, -0.2) is 24.1 Å². The molecule has 0 aliphatic rings.